The molecular weight excluding hydrogens is 450 g/mol. The summed E-state index contributed by atoms with van der Waals surface area (Å²) in [5.74, 6) is -0.479. The van der Waals surface area contributed by atoms with Gasteiger partial charge >= 0.3 is 0 Å². The van der Waals surface area contributed by atoms with Gasteiger partial charge in [-0.15, -0.1) is 22.7 Å². The third-order valence-corrected chi connectivity index (χ3v) is 7.27. The number of hydrogen-bond donors (Lipinski definition) is 3. The lowest BCUT2D eigenvalue weighted by molar-refractivity contribution is -0.126. The van der Waals surface area contributed by atoms with Crippen LogP contribution in [0.2, 0.25) is 0 Å². The van der Waals surface area contributed by atoms with E-state index in [-0.39, 0.29) is 35.8 Å². The lowest BCUT2D eigenvalue weighted by atomic mass is 9.97. The summed E-state index contributed by atoms with van der Waals surface area (Å²) < 4.78 is 0. The van der Waals surface area contributed by atoms with Crippen molar-refractivity contribution in [1.82, 2.24) is 20.3 Å². The van der Waals surface area contributed by atoms with Crippen LogP contribution in [0.5, 0.6) is 0 Å². The van der Waals surface area contributed by atoms with Crippen molar-refractivity contribution in [2.24, 2.45) is 0 Å². The van der Waals surface area contributed by atoms with E-state index in [9.17, 15) is 19.2 Å². The number of carbonyl (C=O) groups excluding carboxylic acids is 3. The number of ketones is 1. The van der Waals surface area contributed by atoms with E-state index in [4.69, 9.17) is 0 Å². The van der Waals surface area contributed by atoms with Crippen molar-refractivity contribution in [2.75, 3.05) is 5.32 Å². The summed E-state index contributed by atoms with van der Waals surface area (Å²) in [6, 6.07) is -0.786. The largest absolute Gasteiger partial charge is 0.345 e. The average molecular weight is 474 g/mol. The molecule has 0 bridgehead atoms. The molecule has 32 heavy (non-hydrogen) atoms. The molecule has 11 heteroatoms. The highest BCUT2D eigenvalue weighted by atomic mass is 32.1. The molecule has 3 aromatic heterocycles. The van der Waals surface area contributed by atoms with Crippen LogP contribution in [0.25, 0.3) is 10.2 Å². The number of Topliss-reactive ketones (excluding diaryl/α,β-unsaturated/α-hetero) is 1. The van der Waals surface area contributed by atoms with Gasteiger partial charge in [-0.2, -0.15) is 0 Å². The summed E-state index contributed by atoms with van der Waals surface area (Å²) in [6.45, 7) is 2.96. The number of amides is 2. The summed E-state index contributed by atoms with van der Waals surface area (Å²) in [6.07, 6.45) is 4.48. The van der Waals surface area contributed by atoms with Crippen molar-refractivity contribution >= 4 is 55.6 Å². The quantitative estimate of drug-likeness (QED) is 0.452. The molecular formula is C21H23N5O4S2. The molecule has 0 unspecified atom stereocenters. The molecule has 0 saturated heterocycles. The monoisotopic (exact) mass is 473 g/mol. The van der Waals surface area contributed by atoms with Crippen LogP contribution >= 0.6 is 22.7 Å². The van der Waals surface area contributed by atoms with Crippen LogP contribution in [-0.2, 0) is 28.9 Å². The van der Waals surface area contributed by atoms with Crippen LogP contribution in [0.3, 0.4) is 0 Å². The number of aromatic amines is 1. The molecule has 1 atom stereocenters. The molecule has 3 aromatic rings. The van der Waals surface area contributed by atoms with Gasteiger partial charge in [-0.05, 0) is 38.2 Å². The predicted molar refractivity (Wildman–Crippen MR) is 124 cm³/mol. The molecule has 2 amide bonds. The van der Waals surface area contributed by atoms with Crippen LogP contribution < -0.4 is 16.2 Å². The van der Waals surface area contributed by atoms with Gasteiger partial charge in [-0.3, -0.25) is 19.2 Å². The average Bonchev–Trinajstić information content (AvgIpc) is 3.36. The number of fused-ring (bicyclic) bond motifs is 3. The van der Waals surface area contributed by atoms with Crippen LogP contribution in [0, 0.1) is 0 Å². The number of aryl methyl sites for hydroxylation is 3. The Labute approximate surface area is 191 Å². The summed E-state index contributed by atoms with van der Waals surface area (Å²) in [5.41, 5.74) is 1.27. The first-order valence-corrected chi connectivity index (χ1v) is 12.1. The minimum atomic E-state index is -0.786. The molecule has 1 aliphatic rings. The van der Waals surface area contributed by atoms with Gasteiger partial charge in [-0.25, -0.2) is 9.97 Å². The Hall–Kier alpha value is -2.92. The number of nitrogens with one attached hydrogen (secondary N) is 3. The highest BCUT2D eigenvalue weighted by Gasteiger charge is 2.21. The van der Waals surface area contributed by atoms with E-state index in [0.717, 1.165) is 47.4 Å². The maximum absolute atomic E-state index is 12.6. The van der Waals surface area contributed by atoms with Gasteiger partial charge in [0.15, 0.2) is 10.9 Å². The molecule has 3 heterocycles. The van der Waals surface area contributed by atoms with Crippen LogP contribution in [0.1, 0.15) is 59.9 Å². The molecule has 0 aromatic carbocycles. The Bertz CT molecular complexity index is 1260. The van der Waals surface area contributed by atoms with Gasteiger partial charge in [0.05, 0.1) is 5.39 Å². The number of nitrogens with zero attached hydrogens (tertiary/aromatic N) is 2. The molecule has 0 fully saturated rings. The van der Waals surface area contributed by atoms with Gasteiger partial charge in [0.25, 0.3) is 5.56 Å². The minimum absolute atomic E-state index is 0.0862. The van der Waals surface area contributed by atoms with E-state index in [1.165, 1.54) is 11.8 Å². The molecule has 9 nitrogen and oxygen atoms in total. The van der Waals surface area contributed by atoms with Crippen molar-refractivity contribution in [2.45, 2.75) is 58.4 Å². The molecule has 0 radical (unpaired) electrons. The van der Waals surface area contributed by atoms with Crippen molar-refractivity contribution in [1.29, 1.82) is 0 Å². The van der Waals surface area contributed by atoms with Crippen LogP contribution in [0.4, 0.5) is 5.13 Å². The molecule has 0 spiro atoms. The minimum Gasteiger partial charge on any atom is -0.345 e. The summed E-state index contributed by atoms with van der Waals surface area (Å²) in [5, 5.41) is 7.78. The van der Waals surface area contributed by atoms with Crippen molar-refractivity contribution in [3.05, 3.63) is 37.7 Å². The highest BCUT2D eigenvalue weighted by Crippen LogP contribution is 2.33. The van der Waals surface area contributed by atoms with Crippen molar-refractivity contribution in [3.8, 4) is 0 Å². The normalized spacial score (nSPS) is 14.1. The topological polar surface area (TPSA) is 134 Å². The lowest BCUT2D eigenvalue weighted by Crippen LogP contribution is -2.41. The predicted octanol–water partition coefficient (Wildman–Crippen LogP) is 2.60. The Morgan fingerprint density at radius 2 is 2.00 bits per heavy atom. The Balaban J connectivity index is 1.34. The SMILES string of the molecule is CC(=O)c1csc(NC(=O)[C@@H](C)NC(=O)CCc2nc3sc4c(c3c(=O)[nH]2)CCCC4)n1. The van der Waals surface area contributed by atoms with E-state index < -0.39 is 11.9 Å². The Morgan fingerprint density at radius 1 is 1.22 bits per heavy atom. The fourth-order valence-corrected chi connectivity index (χ4v) is 5.68. The van der Waals surface area contributed by atoms with E-state index in [1.54, 1.807) is 23.6 Å². The number of carbonyl (C=O) groups is 3. The number of aromatic nitrogens is 3. The molecule has 3 N–H and O–H groups in total. The number of rotatable bonds is 7. The molecule has 4 rings (SSSR count). The van der Waals surface area contributed by atoms with E-state index in [1.807, 2.05) is 0 Å². The molecule has 0 aliphatic heterocycles. The van der Waals surface area contributed by atoms with E-state index >= 15 is 0 Å². The Morgan fingerprint density at radius 3 is 2.75 bits per heavy atom. The molecule has 0 saturated carbocycles. The number of H-pyrrole nitrogens is 1. The van der Waals surface area contributed by atoms with Gasteiger partial charge in [-0.1, -0.05) is 0 Å². The zero-order chi connectivity index (χ0) is 22.8. The summed E-state index contributed by atoms with van der Waals surface area (Å²) in [7, 11) is 0. The van der Waals surface area contributed by atoms with Gasteiger partial charge in [0.2, 0.25) is 11.8 Å². The van der Waals surface area contributed by atoms with Gasteiger partial charge < -0.3 is 15.6 Å². The first kappa shape index (κ1) is 22.3. The third-order valence-electron chi connectivity index (χ3n) is 5.33. The second-order valence-corrected chi connectivity index (χ2v) is 9.72. The molecule has 1 aliphatic carbocycles. The first-order chi connectivity index (χ1) is 15.3. The highest BCUT2D eigenvalue weighted by molar-refractivity contribution is 7.18. The smallest absolute Gasteiger partial charge is 0.259 e. The zero-order valence-electron chi connectivity index (χ0n) is 17.7. The van der Waals surface area contributed by atoms with Crippen LogP contribution in [0.15, 0.2) is 10.2 Å². The fraction of sp³-hybridized carbons (Fsp3) is 0.429. The lowest BCUT2D eigenvalue weighted by Gasteiger charge is -2.13. The summed E-state index contributed by atoms with van der Waals surface area (Å²) >= 11 is 2.71. The zero-order valence-corrected chi connectivity index (χ0v) is 19.4. The maximum Gasteiger partial charge on any atom is 0.259 e. The van der Waals surface area contributed by atoms with Crippen LogP contribution in [-0.4, -0.2) is 38.6 Å². The maximum atomic E-state index is 12.6. The third kappa shape index (κ3) is 4.78. The second kappa shape index (κ2) is 9.29. The number of thiophene rings is 1. The second-order valence-electron chi connectivity index (χ2n) is 7.78. The number of anilines is 1. The molecule has 168 valence electrons. The first-order valence-electron chi connectivity index (χ1n) is 10.4. The number of thiazole rings is 1. The van der Waals surface area contributed by atoms with E-state index in [2.05, 4.69) is 25.6 Å². The summed E-state index contributed by atoms with van der Waals surface area (Å²) in [4.78, 5) is 61.9. The van der Waals surface area contributed by atoms with E-state index in [0.29, 0.717) is 16.3 Å². The van der Waals surface area contributed by atoms with Crippen molar-refractivity contribution < 1.29 is 14.4 Å². The fourth-order valence-electron chi connectivity index (χ4n) is 3.64. The Kier molecular flexibility index (Phi) is 6.47. The van der Waals surface area contributed by atoms with Gasteiger partial charge in [0, 0.05) is 30.0 Å². The number of hydrogen-bond acceptors (Lipinski definition) is 8. The van der Waals surface area contributed by atoms with Crippen molar-refractivity contribution in [3.63, 3.8) is 0 Å². The van der Waals surface area contributed by atoms with Gasteiger partial charge in [0.1, 0.15) is 22.4 Å². The standard InChI is InChI=1S/C21H23N5O4S2/c1-10(18(29)26-21-23-13(9-31-21)11(2)27)22-16(28)8-7-15-24-19(30)17-12-5-3-4-6-14(12)32-20(17)25-15/h9-10H,3-8H2,1-2H3,(H,22,28)(H,23,26,29)(H,24,25,30)/t10-/m1/s1.